The summed E-state index contributed by atoms with van der Waals surface area (Å²) in [5.41, 5.74) is 0.604. The summed E-state index contributed by atoms with van der Waals surface area (Å²) in [6.07, 6.45) is -1.09. The molecule has 0 aliphatic rings. The molecule has 1 unspecified atom stereocenters. The number of benzene rings is 2. The van der Waals surface area contributed by atoms with E-state index >= 15 is 0 Å². The van der Waals surface area contributed by atoms with Crippen molar-refractivity contribution in [3.05, 3.63) is 58.1 Å². The topological polar surface area (TPSA) is 63.4 Å². The van der Waals surface area contributed by atoms with Crippen molar-refractivity contribution in [1.82, 2.24) is 0 Å². The van der Waals surface area contributed by atoms with Gasteiger partial charge in [0.15, 0.2) is 0 Å². The first-order valence-electron chi connectivity index (χ1n) is 5.40. The summed E-state index contributed by atoms with van der Waals surface area (Å²) < 4.78 is 0. The maximum absolute atomic E-state index is 10.7. The summed E-state index contributed by atoms with van der Waals surface area (Å²) in [5.74, 6) is 0. The number of aliphatic hydroxyl groups excluding tert-OH is 1. The number of nitro groups is 1. The minimum atomic E-state index is -1.09. The monoisotopic (exact) mass is 231 g/mol. The Labute approximate surface area is 98.7 Å². The Morgan fingerprint density at radius 2 is 1.82 bits per heavy atom. The molecule has 0 heterocycles. The standard InChI is InChI=1S/C13H13NO3/c1-9(14(16)17)13(15)12-8-4-6-10-5-2-3-7-11(10)12/h2-9,13,15H,1H3/t9?,13-/m1/s1. The molecule has 1 N–H and O–H groups in total. The fourth-order valence-electron chi connectivity index (χ4n) is 1.88. The highest BCUT2D eigenvalue weighted by Crippen LogP contribution is 2.26. The van der Waals surface area contributed by atoms with Crippen molar-refractivity contribution in [2.75, 3.05) is 0 Å². The number of nitrogens with zero attached hydrogens (tertiary/aromatic N) is 1. The molecule has 0 radical (unpaired) electrons. The van der Waals surface area contributed by atoms with Crippen molar-refractivity contribution in [2.45, 2.75) is 19.1 Å². The smallest absolute Gasteiger partial charge is 0.239 e. The number of fused-ring (bicyclic) bond motifs is 1. The molecule has 0 saturated heterocycles. The molecule has 4 heteroatoms. The second kappa shape index (κ2) is 4.51. The zero-order valence-corrected chi connectivity index (χ0v) is 9.41. The van der Waals surface area contributed by atoms with Crippen LogP contribution in [0.15, 0.2) is 42.5 Å². The molecule has 0 aromatic heterocycles. The summed E-state index contributed by atoms with van der Waals surface area (Å²) in [6.45, 7) is 1.41. The predicted octanol–water partition coefficient (Wildman–Crippen LogP) is 2.54. The minimum Gasteiger partial charge on any atom is -0.381 e. The lowest BCUT2D eigenvalue weighted by Crippen LogP contribution is -2.24. The van der Waals surface area contributed by atoms with E-state index in [1.165, 1.54) is 6.92 Å². The maximum Gasteiger partial charge on any atom is 0.239 e. The lowest BCUT2D eigenvalue weighted by Gasteiger charge is -2.14. The van der Waals surface area contributed by atoms with E-state index in [4.69, 9.17) is 0 Å². The molecular weight excluding hydrogens is 218 g/mol. The summed E-state index contributed by atoms with van der Waals surface area (Å²) >= 11 is 0. The molecule has 4 nitrogen and oxygen atoms in total. The molecule has 0 saturated carbocycles. The van der Waals surface area contributed by atoms with E-state index < -0.39 is 17.1 Å². The van der Waals surface area contributed by atoms with Crippen molar-refractivity contribution >= 4 is 10.8 Å². The molecule has 0 amide bonds. The van der Waals surface area contributed by atoms with Crippen molar-refractivity contribution < 1.29 is 10.0 Å². The Balaban J connectivity index is 2.52. The van der Waals surface area contributed by atoms with Gasteiger partial charge in [-0.05, 0) is 16.3 Å². The molecular formula is C13H13NO3. The third-order valence-corrected chi connectivity index (χ3v) is 2.93. The second-order valence-electron chi connectivity index (χ2n) is 4.04. The Morgan fingerprint density at radius 3 is 2.53 bits per heavy atom. The zero-order chi connectivity index (χ0) is 12.4. The molecule has 2 atom stereocenters. The Bertz CT molecular complexity index is 548. The van der Waals surface area contributed by atoms with Crippen LogP contribution in [0.2, 0.25) is 0 Å². The Hall–Kier alpha value is -1.94. The van der Waals surface area contributed by atoms with Crippen LogP contribution in [0.1, 0.15) is 18.6 Å². The van der Waals surface area contributed by atoms with Crippen LogP contribution in [-0.2, 0) is 0 Å². The Kier molecular flexibility index (Phi) is 3.06. The van der Waals surface area contributed by atoms with E-state index in [0.717, 1.165) is 10.8 Å². The molecule has 2 aromatic carbocycles. The van der Waals surface area contributed by atoms with Crippen LogP contribution >= 0.6 is 0 Å². The molecule has 0 fully saturated rings. The van der Waals surface area contributed by atoms with Gasteiger partial charge in [0.05, 0.1) is 0 Å². The fraction of sp³-hybridized carbons (Fsp3) is 0.231. The summed E-state index contributed by atoms with van der Waals surface area (Å²) in [7, 11) is 0. The summed E-state index contributed by atoms with van der Waals surface area (Å²) in [6, 6.07) is 12.0. The zero-order valence-electron chi connectivity index (χ0n) is 9.41. The molecule has 0 bridgehead atoms. The first-order valence-corrected chi connectivity index (χ1v) is 5.40. The SMILES string of the molecule is CC([C@@H](O)c1cccc2ccccc12)[N+](=O)[O-]. The van der Waals surface area contributed by atoms with Gasteiger partial charge in [0.2, 0.25) is 6.04 Å². The molecule has 0 aliphatic carbocycles. The summed E-state index contributed by atoms with van der Waals surface area (Å²) in [5, 5.41) is 22.5. The third-order valence-electron chi connectivity index (χ3n) is 2.93. The highest BCUT2D eigenvalue weighted by Gasteiger charge is 2.26. The van der Waals surface area contributed by atoms with Gasteiger partial charge in [-0.25, -0.2) is 0 Å². The van der Waals surface area contributed by atoms with E-state index in [9.17, 15) is 15.2 Å². The third kappa shape index (κ3) is 2.12. The van der Waals surface area contributed by atoms with Gasteiger partial charge in [0, 0.05) is 11.8 Å². The average molecular weight is 231 g/mol. The van der Waals surface area contributed by atoms with E-state index in [1.807, 2.05) is 30.3 Å². The van der Waals surface area contributed by atoms with Gasteiger partial charge in [-0.1, -0.05) is 42.5 Å². The van der Waals surface area contributed by atoms with Gasteiger partial charge in [0.25, 0.3) is 0 Å². The molecule has 17 heavy (non-hydrogen) atoms. The van der Waals surface area contributed by atoms with E-state index in [-0.39, 0.29) is 0 Å². The van der Waals surface area contributed by atoms with Gasteiger partial charge in [-0.2, -0.15) is 0 Å². The highest BCUT2D eigenvalue weighted by atomic mass is 16.6. The molecule has 0 aliphatic heterocycles. The predicted molar refractivity (Wildman–Crippen MR) is 65.4 cm³/mol. The van der Waals surface area contributed by atoms with Crippen LogP contribution in [0.5, 0.6) is 0 Å². The van der Waals surface area contributed by atoms with Crippen molar-refractivity contribution in [2.24, 2.45) is 0 Å². The number of hydrogen-bond donors (Lipinski definition) is 1. The van der Waals surface area contributed by atoms with Gasteiger partial charge < -0.3 is 5.11 Å². The van der Waals surface area contributed by atoms with Crippen LogP contribution in [0.4, 0.5) is 0 Å². The maximum atomic E-state index is 10.7. The quantitative estimate of drug-likeness (QED) is 0.652. The van der Waals surface area contributed by atoms with Crippen LogP contribution in [-0.4, -0.2) is 16.1 Å². The van der Waals surface area contributed by atoms with E-state index in [0.29, 0.717) is 5.56 Å². The summed E-state index contributed by atoms with van der Waals surface area (Å²) in [4.78, 5) is 10.2. The molecule has 0 spiro atoms. The van der Waals surface area contributed by atoms with Crippen LogP contribution < -0.4 is 0 Å². The van der Waals surface area contributed by atoms with E-state index in [2.05, 4.69) is 0 Å². The van der Waals surface area contributed by atoms with Gasteiger partial charge in [0.1, 0.15) is 6.10 Å². The normalized spacial score (nSPS) is 14.5. The average Bonchev–Trinajstić information content (AvgIpc) is 2.36. The van der Waals surface area contributed by atoms with Crippen molar-refractivity contribution in [3.63, 3.8) is 0 Å². The number of rotatable bonds is 3. The lowest BCUT2D eigenvalue weighted by atomic mass is 9.97. The van der Waals surface area contributed by atoms with Crippen molar-refractivity contribution in [1.29, 1.82) is 0 Å². The highest BCUT2D eigenvalue weighted by molar-refractivity contribution is 5.86. The first kappa shape index (κ1) is 11.5. The van der Waals surface area contributed by atoms with Gasteiger partial charge in [-0.15, -0.1) is 0 Å². The van der Waals surface area contributed by atoms with Crippen molar-refractivity contribution in [3.8, 4) is 0 Å². The van der Waals surface area contributed by atoms with Crippen LogP contribution in [0, 0.1) is 10.1 Å². The lowest BCUT2D eigenvalue weighted by molar-refractivity contribution is -0.531. The molecule has 2 rings (SSSR count). The largest absolute Gasteiger partial charge is 0.381 e. The first-order chi connectivity index (χ1) is 8.11. The van der Waals surface area contributed by atoms with E-state index in [1.54, 1.807) is 12.1 Å². The van der Waals surface area contributed by atoms with Gasteiger partial charge in [-0.3, -0.25) is 10.1 Å². The number of hydrogen-bond acceptors (Lipinski definition) is 3. The van der Waals surface area contributed by atoms with Crippen LogP contribution in [0.3, 0.4) is 0 Å². The fourth-order valence-corrected chi connectivity index (χ4v) is 1.88. The number of aliphatic hydroxyl groups is 1. The van der Waals surface area contributed by atoms with Crippen LogP contribution in [0.25, 0.3) is 10.8 Å². The Morgan fingerprint density at radius 1 is 1.18 bits per heavy atom. The molecule has 2 aromatic rings. The minimum absolute atomic E-state index is 0.466. The second-order valence-corrected chi connectivity index (χ2v) is 4.04. The molecule has 88 valence electrons. The van der Waals surface area contributed by atoms with Gasteiger partial charge >= 0.3 is 0 Å².